The summed E-state index contributed by atoms with van der Waals surface area (Å²) in [4.78, 5) is 21.6. The van der Waals surface area contributed by atoms with Crippen LogP contribution in [-0.4, -0.2) is 28.7 Å². The van der Waals surface area contributed by atoms with E-state index in [1.54, 1.807) is 12.1 Å². The summed E-state index contributed by atoms with van der Waals surface area (Å²) in [5.41, 5.74) is 0.875. The Morgan fingerprint density at radius 2 is 2.29 bits per heavy atom. The van der Waals surface area contributed by atoms with Crippen LogP contribution in [0.15, 0.2) is 18.2 Å². The van der Waals surface area contributed by atoms with Gasteiger partial charge in [0, 0.05) is 0 Å². The number of ether oxygens (including phenoxy) is 1. The third-order valence-electron chi connectivity index (χ3n) is 2.39. The maximum atomic E-state index is 11.1. The molecule has 0 saturated heterocycles. The number of rotatable bonds is 3. The van der Waals surface area contributed by atoms with Crippen LogP contribution in [0.4, 0.5) is 5.69 Å². The molecule has 1 heterocycles. The van der Waals surface area contributed by atoms with Crippen molar-refractivity contribution in [3.63, 3.8) is 0 Å². The number of carbonyl (C=O) groups excluding carboxylic acids is 1. The van der Waals surface area contributed by atoms with Crippen LogP contribution >= 0.6 is 0 Å². The lowest BCUT2D eigenvalue weighted by Gasteiger charge is -2.19. The van der Waals surface area contributed by atoms with Gasteiger partial charge < -0.3 is 20.3 Å². The molecule has 90 valence electrons. The molecule has 1 aromatic rings. The normalized spacial score (nSPS) is 15.5. The van der Waals surface area contributed by atoms with Crippen molar-refractivity contribution in [1.29, 1.82) is 0 Å². The number of aliphatic hydroxyl groups excluding tert-OH is 1. The van der Waals surface area contributed by atoms with E-state index in [2.05, 4.69) is 5.32 Å². The van der Waals surface area contributed by atoms with Gasteiger partial charge in [-0.25, -0.2) is 0 Å². The molecule has 1 aromatic carbocycles. The van der Waals surface area contributed by atoms with E-state index in [1.807, 2.05) is 0 Å². The maximum absolute atomic E-state index is 11.1. The second-order valence-corrected chi connectivity index (χ2v) is 3.71. The molecule has 1 unspecified atom stereocenters. The summed E-state index contributed by atoms with van der Waals surface area (Å²) in [6.45, 7) is -0.0377. The molecule has 0 bridgehead atoms. The number of benzene rings is 1. The zero-order valence-corrected chi connectivity index (χ0v) is 8.84. The van der Waals surface area contributed by atoms with Gasteiger partial charge in [-0.15, -0.1) is 0 Å². The van der Waals surface area contributed by atoms with Gasteiger partial charge in [-0.3, -0.25) is 9.59 Å². The summed E-state index contributed by atoms with van der Waals surface area (Å²) in [5, 5.41) is 20.8. The molecule has 6 heteroatoms. The van der Waals surface area contributed by atoms with Gasteiger partial charge in [-0.1, -0.05) is 6.07 Å². The van der Waals surface area contributed by atoms with Crippen LogP contribution < -0.4 is 10.1 Å². The molecule has 2 rings (SSSR count). The number of hydrogen-bond acceptors (Lipinski definition) is 4. The fourth-order valence-electron chi connectivity index (χ4n) is 1.59. The Bertz CT molecular complexity index is 471. The van der Waals surface area contributed by atoms with E-state index in [1.165, 1.54) is 6.07 Å². The zero-order chi connectivity index (χ0) is 12.4. The Labute approximate surface area is 96.8 Å². The highest BCUT2D eigenvalue weighted by Gasteiger charge is 2.19. The molecule has 0 spiro atoms. The van der Waals surface area contributed by atoms with Crippen molar-refractivity contribution in [2.45, 2.75) is 12.5 Å². The third-order valence-corrected chi connectivity index (χ3v) is 2.39. The van der Waals surface area contributed by atoms with Crippen LogP contribution in [0, 0.1) is 0 Å². The van der Waals surface area contributed by atoms with Crippen LogP contribution in [0.1, 0.15) is 18.1 Å². The number of aliphatic hydroxyl groups is 1. The van der Waals surface area contributed by atoms with Gasteiger partial charge in [0.25, 0.3) is 5.91 Å². The Morgan fingerprint density at radius 1 is 1.53 bits per heavy atom. The van der Waals surface area contributed by atoms with Gasteiger partial charge in [0.2, 0.25) is 0 Å². The Balaban J connectivity index is 2.23. The molecule has 1 aliphatic rings. The monoisotopic (exact) mass is 237 g/mol. The number of carbonyl (C=O) groups is 2. The molecule has 1 amide bonds. The highest BCUT2D eigenvalue weighted by molar-refractivity contribution is 5.95. The van der Waals surface area contributed by atoms with Crippen LogP contribution in [-0.2, 0) is 9.59 Å². The minimum Gasteiger partial charge on any atom is -0.482 e. The second-order valence-electron chi connectivity index (χ2n) is 3.71. The van der Waals surface area contributed by atoms with Crippen LogP contribution in [0.3, 0.4) is 0 Å². The first-order chi connectivity index (χ1) is 8.06. The van der Waals surface area contributed by atoms with Crippen LogP contribution in [0.25, 0.3) is 0 Å². The number of hydrogen-bond donors (Lipinski definition) is 3. The number of carboxylic acids is 1. The number of anilines is 1. The quantitative estimate of drug-likeness (QED) is 0.712. The lowest BCUT2D eigenvalue weighted by atomic mass is 10.1. The number of fused-ring (bicyclic) bond motifs is 1. The van der Waals surface area contributed by atoms with E-state index < -0.39 is 12.1 Å². The predicted octanol–water partition coefficient (Wildman–Crippen LogP) is 0.526. The molecule has 1 aliphatic heterocycles. The smallest absolute Gasteiger partial charge is 0.306 e. The molecular weight excluding hydrogens is 226 g/mol. The van der Waals surface area contributed by atoms with Gasteiger partial charge in [-0.2, -0.15) is 0 Å². The minimum absolute atomic E-state index is 0.0377. The molecule has 17 heavy (non-hydrogen) atoms. The molecule has 0 aliphatic carbocycles. The molecular formula is C11H11NO5. The lowest BCUT2D eigenvalue weighted by molar-refractivity contribution is -0.139. The summed E-state index contributed by atoms with van der Waals surface area (Å²) < 4.78 is 5.14. The standard InChI is InChI=1S/C11H11NO5/c13-8(4-11(15)16)6-1-2-9-7(3-6)12-10(14)5-17-9/h1-3,8,13H,4-5H2,(H,12,14)(H,15,16). The molecule has 6 nitrogen and oxygen atoms in total. The van der Waals surface area contributed by atoms with E-state index in [4.69, 9.17) is 9.84 Å². The van der Waals surface area contributed by atoms with Crippen molar-refractivity contribution in [3.05, 3.63) is 23.8 Å². The fraction of sp³-hybridized carbons (Fsp3) is 0.273. The first kappa shape index (κ1) is 11.4. The molecule has 0 saturated carbocycles. The van der Waals surface area contributed by atoms with Crippen molar-refractivity contribution in [2.75, 3.05) is 11.9 Å². The SMILES string of the molecule is O=C(O)CC(O)c1ccc2c(c1)NC(=O)CO2. The van der Waals surface area contributed by atoms with Crippen molar-refractivity contribution in [3.8, 4) is 5.75 Å². The fourth-order valence-corrected chi connectivity index (χ4v) is 1.59. The van der Waals surface area contributed by atoms with Crippen molar-refractivity contribution >= 4 is 17.6 Å². The van der Waals surface area contributed by atoms with Crippen molar-refractivity contribution in [1.82, 2.24) is 0 Å². The van der Waals surface area contributed by atoms with E-state index >= 15 is 0 Å². The van der Waals surface area contributed by atoms with E-state index in [0.717, 1.165) is 0 Å². The predicted molar refractivity (Wildman–Crippen MR) is 57.8 cm³/mol. The van der Waals surface area contributed by atoms with E-state index in [-0.39, 0.29) is 18.9 Å². The first-order valence-corrected chi connectivity index (χ1v) is 5.02. The highest BCUT2D eigenvalue weighted by Crippen LogP contribution is 2.31. The minimum atomic E-state index is -1.10. The van der Waals surface area contributed by atoms with E-state index in [9.17, 15) is 14.7 Å². The molecule has 0 fully saturated rings. The zero-order valence-electron chi connectivity index (χ0n) is 8.84. The molecule has 0 aromatic heterocycles. The molecule has 1 atom stereocenters. The summed E-state index contributed by atoms with van der Waals surface area (Å²) in [5.74, 6) is -0.853. The lowest BCUT2D eigenvalue weighted by Crippen LogP contribution is -2.25. The summed E-state index contributed by atoms with van der Waals surface area (Å²) in [7, 11) is 0. The average molecular weight is 237 g/mol. The van der Waals surface area contributed by atoms with Crippen molar-refractivity contribution in [2.24, 2.45) is 0 Å². The van der Waals surface area contributed by atoms with Gasteiger partial charge in [0.05, 0.1) is 18.2 Å². The third kappa shape index (κ3) is 2.54. The van der Waals surface area contributed by atoms with Gasteiger partial charge in [0.15, 0.2) is 6.61 Å². The van der Waals surface area contributed by atoms with Crippen molar-refractivity contribution < 1.29 is 24.5 Å². The number of amides is 1. The Hall–Kier alpha value is -2.08. The number of aliphatic carboxylic acids is 1. The van der Waals surface area contributed by atoms with Gasteiger partial charge in [-0.05, 0) is 17.7 Å². The summed E-state index contributed by atoms with van der Waals surface area (Å²) in [6, 6.07) is 4.68. The van der Waals surface area contributed by atoms with E-state index in [0.29, 0.717) is 17.0 Å². The Morgan fingerprint density at radius 3 is 3.00 bits per heavy atom. The molecule has 3 N–H and O–H groups in total. The van der Waals surface area contributed by atoms with Crippen LogP contribution in [0.5, 0.6) is 5.75 Å². The summed E-state index contributed by atoms with van der Waals surface area (Å²) in [6.07, 6.45) is -1.48. The topological polar surface area (TPSA) is 95.9 Å². The van der Waals surface area contributed by atoms with Gasteiger partial charge >= 0.3 is 5.97 Å². The second kappa shape index (κ2) is 4.42. The average Bonchev–Trinajstić information content (AvgIpc) is 2.27. The molecule has 0 radical (unpaired) electrons. The first-order valence-electron chi connectivity index (χ1n) is 5.02. The largest absolute Gasteiger partial charge is 0.482 e. The maximum Gasteiger partial charge on any atom is 0.306 e. The summed E-state index contributed by atoms with van der Waals surface area (Å²) >= 11 is 0. The van der Waals surface area contributed by atoms with Gasteiger partial charge in [0.1, 0.15) is 5.75 Å². The number of carboxylic acid groups (broad SMARTS) is 1. The number of nitrogens with one attached hydrogen (secondary N) is 1. The Kier molecular flexibility index (Phi) is 2.97. The van der Waals surface area contributed by atoms with Crippen LogP contribution in [0.2, 0.25) is 0 Å². The highest BCUT2D eigenvalue weighted by atomic mass is 16.5.